The van der Waals surface area contributed by atoms with Crippen molar-refractivity contribution in [2.75, 3.05) is 5.32 Å². The Labute approximate surface area is 129 Å². The number of benzene rings is 1. The average Bonchev–Trinajstić information content (AvgIpc) is 2.50. The second-order valence-electron chi connectivity index (χ2n) is 5.45. The molecule has 0 saturated heterocycles. The normalized spacial score (nSPS) is 15.5. The Bertz CT molecular complexity index is 534. The highest BCUT2D eigenvalue weighted by molar-refractivity contribution is 6.31. The molecule has 0 aliphatic heterocycles. The first-order valence-electron chi connectivity index (χ1n) is 7.52. The van der Waals surface area contributed by atoms with Gasteiger partial charge in [0.2, 0.25) is 0 Å². The number of rotatable bonds is 4. The standard InChI is InChI=1S/C16H21N3O3/c1-12-7-9-14(10-8-12)18-15(20)11-17-22-16(21)19-13-5-3-2-4-6-13/h7-11,13H,2-6H2,1H3,(H,18,20)(H,19,21). The van der Waals surface area contributed by atoms with E-state index in [1.807, 2.05) is 19.1 Å². The quantitative estimate of drug-likeness (QED) is 0.510. The second kappa shape index (κ2) is 8.17. The summed E-state index contributed by atoms with van der Waals surface area (Å²) in [4.78, 5) is 27.7. The van der Waals surface area contributed by atoms with Crippen molar-refractivity contribution in [1.29, 1.82) is 0 Å². The smallest absolute Gasteiger partial charge is 0.321 e. The summed E-state index contributed by atoms with van der Waals surface area (Å²) < 4.78 is 0. The van der Waals surface area contributed by atoms with Crippen LogP contribution in [-0.4, -0.2) is 24.3 Å². The van der Waals surface area contributed by atoms with Crippen LogP contribution in [0.15, 0.2) is 29.4 Å². The van der Waals surface area contributed by atoms with E-state index >= 15 is 0 Å². The Morgan fingerprint density at radius 1 is 1.18 bits per heavy atom. The van der Waals surface area contributed by atoms with E-state index in [0.717, 1.165) is 37.5 Å². The molecule has 118 valence electrons. The molecule has 1 saturated carbocycles. The summed E-state index contributed by atoms with van der Waals surface area (Å²) in [6.07, 6.45) is 5.70. The van der Waals surface area contributed by atoms with Gasteiger partial charge in [0, 0.05) is 11.7 Å². The summed E-state index contributed by atoms with van der Waals surface area (Å²) >= 11 is 0. The molecular formula is C16H21N3O3. The number of carbonyl (C=O) groups is 2. The fourth-order valence-electron chi connectivity index (χ4n) is 2.37. The first-order chi connectivity index (χ1) is 10.6. The van der Waals surface area contributed by atoms with E-state index < -0.39 is 12.0 Å². The average molecular weight is 303 g/mol. The van der Waals surface area contributed by atoms with Crippen molar-refractivity contribution in [2.45, 2.75) is 45.1 Å². The van der Waals surface area contributed by atoms with Gasteiger partial charge in [-0.2, -0.15) is 0 Å². The van der Waals surface area contributed by atoms with Crippen molar-refractivity contribution < 1.29 is 14.4 Å². The molecule has 2 rings (SSSR count). The Kier molecular flexibility index (Phi) is 5.94. The number of hydrogen-bond acceptors (Lipinski definition) is 4. The summed E-state index contributed by atoms with van der Waals surface area (Å²) in [5.74, 6) is -0.450. The molecular weight excluding hydrogens is 282 g/mol. The first-order valence-corrected chi connectivity index (χ1v) is 7.52. The molecule has 22 heavy (non-hydrogen) atoms. The number of oxime groups is 1. The highest BCUT2D eigenvalue weighted by Crippen LogP contribution is 2.17. The predicted octanol–water partition coefficient (Wildman–Crippen LogP) is 2.98. The first kappa shape index (κ1) is 16.0. The second-order valence-corrected chi connectivity index (χ2v) is 5.45. The van der Waals surface area contributed by atoms with Crippen LogP contribution in [0.25, 0.3) is 0 Å². The summed E-state index contributed by atoms with van der Waals surface area (Å²) in [5, 5.41) is 8.77. The van der Waals surface area contributed by atoms with Gasteiger partial charge >= 0.3 is 6.09 Å². The van der Waals surface area contributed by atoms with Gasteiger partial charge in [0.25, 0.3) is 5.91 Å². The molecule has 0 unspecified atom stereocenters. The van der Waals surface area contributed by atoms with Crippen LogP contribution >= 0.6 is 0 Å². The van der Waals surface area contributed by atoms with Crippen LogP contribution in [0.3, 0.4) is 0 Å². The minimum Gasteiger partial charge on any atom is -0.321 e. The van der Waals surface area contributed by atoms with E-state index in [-0.39, 0.29) is 6.04 Å². The van der Waals surface area contributed by atoms with Crippen LogP contribution in [0.2, 0.25) is 0 Å². The van der Waals surface area contributed by atoms with Gasteiger partial charge in [-0.25, -0.2) is 4.79 Å². The molecule has 0 heterocycles. The SMILES string of the molecule is Cc1ccc(NC(=O)C=NOC(=O)NC2CCCCC2)cc1. The van der Waals surface area contributed by atoms with Gasteiger partial charge in [0.05, 0.1) is 0 Å². The minimum atomic E-state index is -0.619. The van der Waals surface area contributed by atoms with Gasteiger partial charge in [-0.05, 0) is 31.9 Å². The topological polar surface area (TPSA) is 79.8 Å². The van der Waals surface area contributed by atoms with E-state index in [1.54, 1.807) is 12.1 Å². The highest BCUT2D eigenvalue weighted by atomic mass is 16.7. The Hall–Kier alpha value is -2.37. The number of anilines is 1. The van der Waals surface area contributed by atoms with Gasteiger partial charge in [-0.15, -0.1) is 0 Å². The van der Waals surface area contributed by atoms with E-state index in [0.29, 0.717) is 5.69 Å². The van der Waals surface area contributed by atoms with Crippen molar-refractivity contribution in [3.63, 3.8) is 0 Å². The zero-order chi connectivity index (χ0) is 15.8. The Balaban J connectivity index is 1.70. The lowest BCUT2D eigenvalue weighted by atomic mass is 9.96. The third kappa shape index (κ3) is 5.55. The van der Waals surface area contributed by atoms with Crippen LogP contribution in [0.1, 0.15) is 37.7 Å². The summed E-state index contributed by atoms with van der Waals surface area (Å²) in [6, 6.07) is 7.51. The molecule has 0 radical (unpaired) electrons. The maximum absolute atomic E-state index is 11.6. The maximum atomic E-state index is 11.6. The number of carbonyl (C=O) groups excluding carboxylic acids is 2. The van der Waals surface area contributed by atoms with Crippen LogP contribution in [0.5, 0.6) is 0 Å². The lowest BCUT2D eigenvalue weighted by Crippen LogP contribution is -2.35. The van der Waals surface area contributed by atoms with E-state index in [9.17, 15) is 9.59 Å². The molecule has 6 nitrogen and oxygen atoms in total. The number of aryl methyl sites for hydroxylation is 1. The molecule has 0 atom stereocenters. The van der Waals surface area contributed by atoms with Crippen molar-refractivity contribution >= 4 is 23.9 Å². The van der Waals surface area contributed by atoms with Crippen LogP contribution < -0.4 is 10.6 Å². The number of nitrogens with zero attached hydrogens (tertiary/aromatic N) is 1. The summed E-state index contributed by atoms with van der Waals surface area (Å²) in [5.41, 5.74) is 1.77. The lowest BCUT2D eigenvalue weighted by molar-refractivity contribution is -0.110. The van der Waals surface area contributed by atoms with Crippen molar-refractivity contribution in [1.82, 2.24) is 5.32 Å². The van der Waals surface area contributed by atoms with Gasteiger partial charge in [-0.1, -0.05) is 42.1 Å². The Morgan fingerprint density at radius 2 is 1.86 bits per heavy atom. The molecule has 1 aliphatic carbocycles. The summed E-state index contributed by atoms with van der Waals surface area (Å²) in [6.45, 7) is 1.96. The van der Waals surface area contributed by atoms with Crippen LogP contribution in [-0.2, 0) is 9.63 Å². The molecule has 1 aromatic rings. The van der Waals surface area contributed by atoms with Gasteiger partial charge in [0.15, 0.2) is 0 Å². The van der Waals surface area contributed by atoms with E-state index in [4.69, 9.17) is 0 Å². The monoisotopic (exact) mass is 303 g/mol. The molecule has 2 amide bonds. The summed E-state index contributed by atoms with van der Waals surface area (Å²) in [7, 11) is 0. The molecule has 6 heteroatoms. The lowest BCUT2D eigenvalue weighted by Gasteiger charge is -2.21. The minimum absolute atomic E-state index is 0.151. The molecule has 1 fully saturated rings. The van der Waals surface area contributed by atoms with E-state index in [2.05, 4.69) is 20.6 Å². The number of amides is 2. The molecule has 1 aromatic carbocycles. The third-order valence-corrected chi connectivity index (χ3v) is 3.55. The highest BCUT2D eigenvalue weighted by Gasteiger charge is 2.16. The molecule has 0 bridgehead atoms. The molecule has 0 aromatic heterocycles. The Morgan fingerprint density at radius 3 is 2.55 bits per heavy atom. The third-order valence-electron chi connectivity index (χ3n) is 3.55. The van der Waals surface area contributed by atoms with Gasteiger partial charge in [-0.3, -0.25) is 9.63 Å². The largest absolute Gasteiger partial charge is 0.433 e. The zero-order valence-corrected chi connectivity index (χ0v) is 12.7. The van der Waals surface area contributed by atoms with Gasteiger partial charge in [0.1, 0.15) is 6.21 Å². The fourth-order valence-corrected chi connectivity index (χ4v) is 2.37. The molecule has 1 aliphatic rings. The predicted molar refractivity (Wildman–Crippen MR) is 84.8 cm³/mol. The van der Waals surface area contributed by atoms with Crippen LogP contribution in [0.4, 0.5) is 10.5 Å². The van der Waals surface area contributed by atoms with Crippen molar-refractivity contribution in [3.05, 3.63) is 29.8 Å². The zero-order valence-electron chi connectivity index (χ0n) is 12.7. The number of hydrogen-bond donors (Lipinski definition) is 2. The van der Waals surface area contributed by atoms with E-state index in [1.165, 1.54) is 6.42 Å². The van der Waals surface area contributed by atoms with Crippen molar-refractivity contribution in [2.24, 2.45) is 5.16 Å². The maximum Gasteiger partial charge on any atom is 0.433 e. The van der Waals surface area contributed by atoms with Crippen molar-refractivity contribution in [3.8, 4) is 0 Å². The number of nitrogens with one attached hydrogen (secondary N) is 2. The van der Waals surface area contributed by atoms with Crippen LogP contribution in [0, 0.1) is 6.92 Å². The van der Waals surface area contributed by atoms with Gasteiger partial charge < -0.3 is 10.6 Å². The molecule has 0 spiro atoms. The fraction of sp³-hybridized carbons (Fsp3) is 0.438. The molecule has 2 N–H and O–H groups in total.